The van der Waals surface area contributed by atoms with E-state index in [0.29, 0.717) is 68.3 Å². The van der Waals surface area contributed by atoms with Gasteiger partial charge in [-0.25, -0.2) is 12.8 Å². The van der Waals surface area contributed by atoms with E-state index < -0.39 is 10.0 Å². The molecule has 0 saturated carbocycles. The second-order valence-corrected chi connectivity index (χ2v) is 11.0. The lowest BCUT2D eigenvalue weighted by atomic mass is 9.97. The van der Waals surface area contributed by atoms with Crippen LogP contribution in [-0.2, 0) is 32.6 Å². The van der Waals surface area contributed by atoms with E-state index in [1.165, 1.54) is 16.4 Å². The summed E-state index contributed by atoms with van der Waals surface area (Å²) < 4.78 is 52.0. The maximum Gasteiger partial charge on any atom is 0.243 e. The van der Waals surface area contributed by atoms with Crippen molar-refractivity contribution in [1.29, 1.82) is 0 Å². The van der Waals surface area contributed by atoms with Crippen molar-refractivity contribution in [2.45, 2.75) is 50.5 Å². The van der Waals surface area contributed by atoms with Crippen LogP contribution in [-0.4, -0.2) is 45.1 Å². The van der Waals surface area contributed by atoms with Crippen LogP contribution < -0.4 is 10.1 Å². The van der Waals surface area contributed by atoms with Gasteiger partial charge in [0, 0.05) is 31.1 Å². The van der Waals surface area contributed by atoms with Crippen LogP contribution in [0.3, 0.4) is 0 Å². The summed E-state index contributed by atoms with van der Waals surface area (Å²) in [5.74, 6) is 0.246. The van der Waals surface area contributed by atoms with Crippen LogP contribution in [0.2, 0.25) is 0 Å². The molecule has 1 N–H and O–H groups in total. The number of hydrogen-bond acceptors (Lipinski definition) is 5. The molecule has 0 bridgehead atoms. The van der Waals surface area contributed by atoms with E-state index in [0.717, 1.165) is 5.56 Å². The molecule has 0 atom stereocenters. The molecule has 0 spiro atoms. The third-order valence-electron chi connectivity index (χ3n) is 6.45. The van der Waals surface area contributed by atoms with Crippen molar-refractivity contribution in [2.24, 2.45) is 5.92 Å². The molecule has 0 unspecified atom stereocenters. The number of piperidine rings is 1. The second kappa shape index (κ2) is 10.4. The van der Waals surface area contributed by atoms with Gasteiger partial charge in [0.2, 0.25) is 15.9 Å². The predicted molar refractivity (Wildman–Crippen MR) is 125 cm³/mol. The summed E-state index contributed by atoms with van der Waals surface area (Å²) in [5, 5.41) is 2.91. The normalized spacial score (nSPS) is 17.3. The Balaban J connectivity index is 1.29. The molecule has 34 heavy (non-hydrogen) atoms. The zero-order valence-corrected chi connectivity index (χ0v) is 20.4. The number of sulfonamides is 1. The molecule has 7 nitrogen and oxygen atoms in total. The zero-order chi connectivity index (χ0) is 24.3. The number of carbonyl (C=O) groups is 1. The van der Waals surface area contributed by atoms with Crippen molar-refractivity contribution >= 4 is 15.9 Å². The Hall–Kier alpha value is -2.49. The fraction of sp³-hybridized carbons (Fsp3) is 0.480. The van der Waals surface area contributed by atoms with Crippen molar-refractivity contribution < 1.29 is 27.1 Å². The molecular weight excluding hydrogens is 459 g/mol. The van der Waals surface area contributed by atoms with Gasteiger partial charge >= 0.3 is 0 Å². The zero-order valence-electron chi connectivity index (χ0n) is 19.6. The maximum atomic E-state index is 13.9. The molecule has 2 aliphatic rings. The SMILES string of the molecule is CC(C)c1ccc(S(=O)(=O)N2CCC(C(=O)NCCc3cc(F)cc4c3OCOC4)CC2)cc1. The lowest BCUT2D eigenvalue weighted by Crippen LogP contribution is -2.43. The summed E-state index contributed by atoms with van der Waals surface area (Å²) in [4.78, 5) is 13.0. The molecule has 2 heterocycles. The Kier molecular flexibility index (Phi) is 7.54. The Morgan fingerprint density at radius 3 is 2.56 bits per heavy atom. The van der Waals surface area contributed by atoms with E-state index in [1.54, 1.807) is 12.1 Å². The van der Waals surface area contributed by atoms with Crippen molar-refractivity contribution in [1.82, 2.24) is 9.62 Å². The van der Waals surface area contributed by atoms with Gasteiger partial charge in [-0.3, -0.25) is 4.79 Å². The number of rotatable bonds is 7. The molecule has 2 aromatic rings. The Morgan fingerprint density at radius 1 is 1.18 bits per heavy atom. The highest BCUT2D eigenvalue weighted by Gasteiger charge is 2.32. The number of carbonyl (C=O) groups excluding carboxylic acids is 1. The average molecular weight is 491 g/mol. The quantitative estimate of drug-likeness (QED) is 0.641. The maximum absolute atomic E-state index is 13.9. The summed E-state index contributed by atoms with van der Waals surface area (Å²) >= 11 is 0. The summed E-state index contributed by atoms with van der Waals surface area (Å²) in [6.45, 7) is 5.51. The molecule has 0 aromatic heterocycles. The highest BCUT2D eigenvalue weighted by molar-refractivity contribution is 7.89. The van der Waals surface area contributed by atoms with E-state index in [1.807, 2.05) is 12.1 Å². The van der Waals surface area contributed by atoms with Gasteiger partial charge in [-0.15, -0.1) is 0 Å². The smallest absolute Gasteiger partial charge is 0.243 e. The number of benzene rings is 2. The number of hydrogen-bond donors (Lipinski definition) is 1. The first-order valence-electron chi connectivity index (χ1n) is 11.7. The molecule has 2 aromatic carbocycles. The third kappa shape index (κ3) is 5.42. The average Bonchev–Trinajstić information content (AvgIpc) is 2.84. The van der Waals surface area contributed by atoms with Gasteiger partial charge in [0.05, 0.1) is 11.5 Å². The Bertz CT molecular complexity index is 1130. The van der Waals surface area contributed by atoms with Crippen LogP contribution in [0.1, 0.15) is 49.3 Å². The van der Waals surface area contributed by atoms with Gasteiger partial charge in [0.1, 0.15) is 11.6 Å². The number of amides is 1. The number of ether oxygens (including phenoxy) is 2. The highest BCUT2D eigenvalue weighted by atomic mass is 32.2. The molecule has 0 aliphatic carbocycles. The lowest BCUT2D eigenvalue weighted by Gasteiger charge is -2.30. The van der Waals surface area contributed by atoms with Crippen LogP contribution in [0.4, 0.5) is 4.39 Å². The van der Waals surface area contributed by atoms with Gasteiger partial charge < -0.3 is 14.8 Å². The predicted octanol–water partition coefficient (Wildman–Crippen LogP) is 3.58. The van der Waals surface area contributed by atoms with Crippen molar-refractivity contribution in [3.63, 3.8) is 0 Å². The molecule has 1 amide bonds. The minimum atomic E-state index is -3.58. The van der Waals surface area contributed by atoms with Crippen LogP contribution in [0, 0.1) is 11.7 Å². The van der Waals surface area contributed by atoms with E-state index in [-0.39, 0.29) is 29.3 Å². The fourth-order valence-corrected chi connectivity index (χ4v) is 5.91. The van der Waals surface area contributed by atoms with Crippen LogP contribution in [0.15, 0.2) is 41.3 Å². The first-order chi connectivity index (χ1) is 16.3. The van der Waals surface area contributed by atoms with Crippen LogP contribution in [0.25, 0.3) is 0 Å². The summed E-state index contributed by atoms with van der Waals surface area (Å²) in [7, 11) is -3.58. The first-order valence-corrected chi connectivity index (χ1v) is 13.1. The molecule has 1 fully saturated rings. The highest BCUT2D eigenvalue weighted by Crippen LogP contribution is 2.30. The number of nitrogens with zero attached hydrogens (tertiary/aromatic N) is 1. The summed E-state index contributed by atoms with van der Waals surface area (Å²) in [6.07, 6.45) is 1.36. The molecule has 1 saturated heterocycles. The second-order valence-electron chi connectivity index (χ2n) is 9.11. The molecular formula is C25H31FN2O5S. The molecule has 2 aliphatic heterocycles. The molecule has 184 valence electrons. The largest absolute Gasteiger partial charge is 0.467 e. The van der Waals surface area contributed by atoms with Gasteiger partial charge in [-0.05, 0) is 60.6 Å². The number of fused-ring (bicyclic) bond motifs is 1. The standard InChI is InChI=1S/C25H31FN2O5S/c1-17(2)18-3-5-23(6-4-18)34(30,31)28-11-8-19(9-12-28)25(29)27-10-7-20-13-22(26)14-21-15-32-16-33-24(20)21/h3-6,13-14,17,19H,7-12,15-16H2,1-2H3,(H,27,29). The Morgan fingerprint density at radius 2 is 1.88 bits per heavy atom. The van der Waals surface area contributed by atoms with E-state index in [9.17, 15) is 17.6 Å². The monoisotopic (exact) mass is 490 g/mol. The van der Waals surface area contributed by atoms with Crippen LogP contribution in [0.5, 0.6) is 5.75 Å². The minimum absolute atomic E-state index is 0.104. The number of nitrogens with one attached hydrogen (secondary N) is 1. The minimum Gasteiger partial charge on any atom is -0.467 e. The topological polar surface area (TPSA) is 84.9 Å². The third-order valence-corrected chi connectivity index (χ3v) is 8.37. The van der Waals surface area contributed by atoms with E-state index >= 15 is 0 Å². The van der Waals surface area contributed by atoms with Gasteiger partial charge in [0.15, 0.2) is 6.79 Å². The van der Waals surface area contributed by atoms with Crippen molar-refractivity contribution in [3.8, 4) is 5.75 Å². The van der Waals surface area contributed by atoms with E-state index in [4.69, 9.17) is 9.47 Å². The van der Waals surface area contributed by atoms with Crippen molar-refractivity contribution in [2.75, 3.05) is 26.4 Å². The Labute approximate surface area is 200 Å². The van der Waals surface area contributed by atoms with Gasteiger partial charge in [0.25, 0.3) is 0 Å². The van der Waals surface area contributed by atoms with Crippen molar-refractivity contribution in [3.05, 3.63) is 58.9 Å². The van der Waals surface area contributed by atoms with Gasteiger partial charge in [-0.1, -0.05) is 26.0 Å². The summed E-state index contributed by atoms with van der Waals surface area (Å²) in [5.41, 5.74) is 2.45. The van der Waals surface area contributed by atoms with Gasteiger partial charge in [-0.2, -0.15) is 4.31 Å². The first kappa shape index (κ1) is 24.6. The fourth-order valence-electron chi connectivity index (χ4n) is 4.44. The van der Waals surface area contributed by atoms with Crippen LogP contribution >= 0.6 is 0 Å². The summed E-state index contributed by atoms with van der Waals surface area (Å²) in [6, 6.07) is 9.84. The van der Waals surface area contributed by atoms with E-state index in [2.05, 4.69) is 19.2 Å². The molecule has 4 rings (SSSR count). The number of halogens is 1. The molecule has 0 radical (unpaired) electrons. The molecule has 9 heteroatoms. The lowest BCUT2D eigenvalue weighted by molar-refractivity contribution is -0.126.